The minimum Gasteiger partial charge on any atom is -0.450 e. The standard InChI is InChI=1S/C12H15ClN2O4/c1-3-18-11(16)14-9-6-5-8(13)7-10(9)15-12(17)19-4-2/h5-7H,3-4H2,1-2H3,(H,14,16)(H,15,17). The highest BCUT2D eigenvalue weighted by atomic mass is 35.5. The summed E-state index contributed by atoms with van der Waals surface area (Å²) < 4.78 is 9.51. The number of hydrogen-bond donors (Lipinski definition) is 2. The second-order valence-corrected chi connectivity index (χ2v) is 3.82. The highest BCUT2D eigenvalue weighted by Gasteiger charge is 2.11. The molecule has 0 bridgehead atoms. The van der Waals surface area contributed by atoms with E-state index in [0.717, 1.165) is 0 Å². The average molecular weight is 287 g/mol. The minimum absolute atomic E-state index is 0.243. The molecule has 1 aromatic rings. The van der Waals surface area contributed by atoms with E-state index in [-0.39, 0.29) is 13.2 Å². The van der Waals surface area contributed by atoms with Crippen molar-refractivity contribution in [3.05, 3.63) is 23.2 Å². The Labute approximate surface area is 116 Å². The number of nitrogens with one attached hydrogen (secondary N) is 2. The van der Waals surface area contributed by atoms with E-state index in [1.807, 2.05) is 0 Å². The van der Waals surface area contributed by atoms with Gasteiger partial charge in [0.2, 0.25) is 0 Å². The molecule has 0 spiro atoms. The molecule has 0 atom stereocenters. The third-order valence-corrected chi connectivity index (χ3v) is 2.24. The number of carbonyl (C=O) groups is 2. The highest BCUT2D eigenvalue weighted by Crippen LogP contribution is 2.26. The van der Waals surface area contributed by atoms with Gasteiger partial charge in [-0.15, -0.1) is 0 Å². The summed E-state index contributed by atoms with van der Waals surface area (Å²) in [5, 5.41) is 5.40. The van der Waals surface area contributed by atoms with E-state index in [2.05, 4.69) is 10.6 Å². The molecule has 0 aliphatic carbocycles. The van der Waals surface area contributed by atoms with E-state index in [1.54, 1.807) is 26.0 Å². The van der Waals surface area contributed by atoms with E-state index in [4.69, 9.17) is 21.1 Å². The number of amides is 2. The lowest BCUT2D eigenvalue weighted by Crippen LogP contribution is -2.18. The van der Waals surface area contributed by atoms with Crippen LogP contribution >= 0.6 is 11.6 Å². The number of anilines is 2. The van der Waals surface area contributed by atoms with Gasteiger partial charge in [-0.25, -0.2) is 9.59 Å². The molecule has 1 aromatic carbocycles. The van der Waals surface area contributed by atoms with Crippen molar-refractivity contribution >= 4 is 35.2 Å². The molecule has 7 heteroatoms. The number of benzene rings is 1. The van der Waals surface area contributed by atoms with E-state index in [1.165, 1.54) is 6.07 Å². The van der Waals surface area contributed by atoms with Gasteiger partial charge in [-0.05, 0) is 32.0 Å². The molecule has 0 saturated carbocycles. The fourth-order valence-corrected chi connectivity index (χ4v) is 1.46. The molecular weight excluding hydrogens is 272 g/mol. The number of hydrogen-bond acceptors (Lipinski definition) is 4. The van der Waals surface area contributed by atoms with Gasteiger partial charge in [-0.3, -0.25) is 10.6 Å². The molecule has 0 aliphatic rings. The number of carbonyl (C=O) groups excluding carboxylic acids is 2. The maximum atomic E-state index is 11.4. The zero-order chi connectivity index (χ0) is 14.3. The van der Waals surface area contributed by atoms with Gasteiger partial charge in [0.1, 0.15) is 0 Å². The summed E-state index contributed by atoms with van der Waals surface area (Å²) in [6.45, 7) is 3.88. The maximum Gasteiger partial charge on any atom is 0.411 e. The zero-order valence-electron chi connectivity index (χ0n) is 10.7. The van der Waals surface area contributed by atoms with Gasteiger partial charge >= 0.3 is 12.2 Å². The van der Waals surface area contributed by atoms with Crippen LogP contribution in [0.15, 0.2) is 18.2 Å². The van der Waals surface area contributed by atoms with Crippen LogP contribution in [0.1, 0.15) is 13.8 Å². The molecule has 2 N–H and O–H groups in total. The lowest BCUT2D eigenvalue weighted by atomic mass is 10.2. The van der Waals surface area contributed by atoms with Crippen molar-refractivity contribution in [1.82, 2.24) is 0 Å². The molecule has 19 heavy (non-hydrogen) atoms. The fraction of sp³-hybridized carbons (Fsp3) is 0.333. The third-order valence-electron chi connectivity index (χ3n) is 2.01. The van der Waals surface area contributed by atoms with Gasteiger partial charge < -0.3 is 9.47 Å². The first-order valence-electron chi connectivity index (χ1n) is 5.74. The van der Waals surface area contributed by atoms with Crippen LogP contribution in [-0.2, 0) is 9.47 Å². The number of rotatable bonds is 4. The second-order valence-electron chi connectivity index (χ2n) is 3.38. The molecule has 6 nitrogen and oxygen atoms in total. The van der Waals surface area contributed by atoms with Crippen LogP contribution < -0.4 is 10.6 Å². The van der Waals surface area contributed by atoms with Crippen LogP contribution in [0, 0.1) is 0 Å². The van der Waals surface area contributed by atoms with Gasteiger partial charge in [-0.1, -0.05) is 11.6 Å². The van der Waals surface area contributed by atoms with Crippen LogP contribution in [0.3, 0.4) is 0 Å². The first-order valence-corrected chi connectivity index (χ1v) is 6.11. The number of halogens is 1. The highest BCUT2D eigenvalue weighted by molar-refractivity contribution is 6.31. The molecule has 0 unspecified atom stereocenters. The molecular formula is C12H15ClN2O4. The predicted octanol–water partition coefficient (Wildman–Crippen LogP) is 3.48. The normalized spacial score (nSPS) is 9.63. The smallest absolute Gasteiger partial charge is 0.411 e. The Kier molecular flexibility index (Phi) is 5.95. The summed E-state index contributed by atoms with van der Waals surface area (Å²) in [4.78, 5) is 22.7. The minimum atomic E-state index is -0.628. The fourth-order valence-electron chi connectivity index (χ4n) is 1.28. The molecule has 104 valence electrons. The Morgan fingerprint density at radius 1 is 1.05 bits per heavy atom. The van der Waals surface area contributed by atoms with Crippen molar-refractivity contribution in [3.8, 4) is 0 Å². The van der Waals surface area contributed by atoms with E-state index in [9.17, 15) is 9.59 Å². The summed E-state index contributed by atoms with van der Waals surface area (Å²) in [6.07, 6.45) is -1.24. The van der Waals surface area contributed by atoms with Gasteiger partial charge in [0.15, 0.2) is 0 Å². The Bertz CT molecular complexity index is 465. The third kappa shape index (κ3) is 5.05. The molecule has 0 aromatic heterocycles. The Balaban J connectivity index is 2.85. The van der Waals surface area contributed by atoms with Crippen molar-refractivity contribution in [1.29, 1.82) is 0 Å². The van der Waals surface area contributed by atoms with Crippen molar-refractivity contribution in [3.63, 3.8) is 0 Å². The SMILES string of the molecule is CCOC(=O)Nc1ccc(Cl)cc1NC(=O)OCC. The lowest BCUT2D eigenvalue weighted by molar-refractivity contribution is 0.166. The maximum absolute atomic E-state index is 11.4. The molecule has 0 radical (unpaired) electrons. The van der Waals surface area contributed by atoms with Crippen molar-refractivity contribution in [2.24, 2.45) is 0 Å². The first kappa shape index (κ1) is 15.1. The van der Waals surface area contributed by atoms with Crippen LogP contribution in [0.2, 0.25) is 5.02 Å². The van der Waals surface area contributed by atoms with E-state index >= 15 is 0 Å². The quantitative estimate of drug-likeness (QED) is 0.888. The van der Waals surface area contributed by atoms with Gasteiger partial charge in [-0.2, -0.15) is 0 Å². The largest absolute Gasteiger partial charge is 0.450 e. The van der Waals surface area contributed by atoms with E-state index in [0.29, 0.717) is 16.4 Å². The Morgan fingerprint density at radius 3 is 2.11 bits per heavy atom. The summed E-state index contributed by atoms with van der Waals surface area (Å²) in [5.41, 5.74) is 0.704. The molecule has 0 aliphatic heterocycles. The van der Waals surface area contributed by atoms with Crippen molar-refractivity contribution in [2.75, 3.05) is 23.8 Å². The van der Waals surface area contributed by atoms with Crippen LogP contribution in [0.25, 0.3) is 0 Å². The lowest BCUT2D eigenvalue weighted by Gasteiger charge is -2.12. The summed E-state index contributed by atoms with van der Waals surface area (Å²) in [6, 6.07) is 4.64. The van der Waals surface area contributed by atoms with Gasteiger partial charge in [0.05, 0.1) is 24.6 Å². The second kappa shape index (κ2) is 7.48. The first-order chi connectivity index (χ1) is 9.06. The molecule has 0 heterocycles. The molecule has 0 fully saturated rings. The van der Waals surface area contributed by atoms with Crippen LogP contribution in [-0.4, -0.2) is 25.4 Å². The molecule has 2 amide bonds. The van der Waals surface area contributed by atoms with E-state index < -0.39 is 12.2 Å². The topological polar surface area (TPSA) is 76.7 Å². The Hall–Kier alpha value is -1.95. The van der Waals surface area contributed by atoms with Crippen molar-refractivity contribution in [2.45, 2.75) is 13.8 Å². The van der Waals surface area contributed by atoms with Crippen molar-refractivity contribution < 1.29 is 19.1 Å². The predicted molar refractivity (Wildman–Crippen MR) is 72.7 cm³/mol. The van der Waals surface area contributed by atoms with Crippen LogP contribution in [0.5, 0.6) is 0 Å². The molecule has 1 rings (SSSR count). The number of ether oxygens (including phenoxy) is 2. The summed E-state index contributed by atoms with van der Waals surface area (Å²) >= 11 is 5.84. The Morgan fingerprint density at radius 2 is 1.58 bits per heavy atom. The molecule has 0 saturated heterocycles. The van der Waals surface area contributed by atoms with Gasteiger partial charge in [0.25, 0.3) is 0 Å². The van der Waals surface area contributed by atoms with Crippen LogP contribution in [0.4, 0.5) is 21.0 Å². The summed E-state index contributed by atoms with van der Waals surface area (Å²) in [7, 11) is 0. The monoisotopic (exact) mass is 286 g/mol. The summed E-state index contributed by atoms with van der Waals surface area (Å²) in [5.74, 6) is 0. The van der Waals surface area contributed by atoms with Gasteiger partial charge in [0, 0.05) is 5.02 Å². The zero-order valence-corrected chi connectivity index (χ0v) is 11.4. The average Bonchev–Trinajstić information content (AvgIpc) is 2.33.